The van der Waals surface area contributed by atoms with E-state index in [0.717, 1.165) is 35.2 Å². The smallest absolute Gasteiger partial charge is 0.303 e. The Morgan fingerprint density at radius 1 is 0.945 bits per heavy atom. The summed E-state index contributed by atoms with van der Waals surface area (Å²) in [6.07, 6.45) is 8.67. The molecule has 0 bridgehead atoms. The second-order valence-corrected chi connectivity index (χ2v) is 17.4. The molecule has 0 aromatic heterocycles. The summed E-state index contributed by atoms with van der Waals surface area (Å²) >= 11 is 0. The van der Waals surface area contributed by atoms with E-state index in [2.05, 4.69) is 0 Å². The summed E-state index contributed by atoms with van der Waals surface area (Å²) in [4.78, 5) is 39.6. The molecule has 10 nitrogen and oxygen atoms in total. The first-order chi connectivity index (χ1) is 26.0. The molecule has 2 fully saturated rings. The first-order valence-electron chi connectivity index (χ1n) is 18.8. The predicted octanol–water partition coefficient (Wildman–Crippen LogP) is 7.86. The van der Waals surface area contributed by atoms with E-state index >= 15 is 0 Å². The molecule has 3 aromatic carbocycles. The number of carbonyl (C=O) groups excluding carboxylic acids is 3. The number of unbranched alkanes of at least 4 members (excludes halogenated alkanes) is 1. The maximum atomic E-state index is 13.9. The van der Waals surface area contributed by atoms with Gasteiger partial charge in [-0.2, -0.15) is 0 Å². The number of carbonyl (C=O) groups is 3. The Hall–Kier alpha value is -4.39. The van der Waals surface area contributed by atoms with Crippen molar-refractivity contribution in [2.45, 2.75) is 96.2 Å². The summed E-state index contributed by atoms with van der Waals surface area (Å²) in [5.41, 5.74) is 3.53. The molecule has 3 atom stereocenters. The van der Waals surface area contributed by atoms with Gasteiger partial charge in [-0.1, -0.05) is 60.7 Å². The molecule has 0 aliphatic carbocycles. The summed E-state index contributed by atoms with van der Waals surface area (Å²) in [5, 5.41) is 0. The molecule has 5 rings (SSSR count). The predicted molar refractivity (Wildman–Crippen MR) is 208 cm³/mol. The van der Waals surface area contributed by atoms with Crippen molar-refractivity contribution < 1.29 is 46.1 Å². The van der Waals surface area contributed by atoms with Crippen molar-refractivity contribution in [3.05, 3.63) is 107 Å². The lowest BCUT2D eigenvalue weighted by molar-refractivity contribution is -0.305. The highest BCUT2D eigenvalue weighted by Gasteiger charge is 2.48. The molecule has 0 spiro atoms. The Bertz CT molecular complexity index is 1920. The summed E-state index contributed by atoms with van der Waals surface area (Å²) < 4.78 is 59.6. The first kappa shape index (κ1) is 41.8. The highest BCUT2D eigenvalue weighted by Crippen LogP contribution is 2.47. The highest BCUT2D eigenvalue weighted by atomic mass is 32.2. The van der Waals surface area contributed by atoms with Crippen LogP contribution in [0.5, 0.6) is 0 Å². The summed E-state index contributed by atoms with van der Waals surface area (Å²) in [6, 6.07) is 21.4. The van der Waals surface area contributed by atoms with Gasteiger partial charge in [-0.05, 0) is 105 Å². The molecule has 0 saturated carbocycles. The lowest BCUT2D eigenvalue weighted by atomic mass is 9.78. The largest absolute Gasteiger partial charge is 0.458 e. The number of allylic oxidation sites excluding steroid dienone is 1. The van der Waals surface area contributed by atoms with Crippen molar-refractivity contribution in [2.24, 2.45) is 5.92 Å². The van der Waals surface area contributed by atoms with Gasteiger partial charge in [0.1, 0.15) is 21.8 Å². The van der Waals surface area contributed by atoms with Crippen LogP contribution in [0.25, 0.3) is 6.08 Å². The van der Waals surface area contributed by atoms with Gasteiger partial charge in [-0.3, -0.25) is 14.4 Å². The molecule has 0 N–H and O–H groups in total. The molecular weight excluding hydrogens is 726 g/mol. The fourth-order valence-corrected chi connectivity index (χ4v) is 7.87. The summed E-state index contributed by atoms with van der Waals surface area (Å²) in [5.74, 6) is -2.25. The molecule has 2 aliphatic rings. The number of sulfone groups is 1. The van der Waals surface area contributed by atoms with Gasteiger partial charge in [0.2, 0.25) is 5.91 Å². The third kappa shape index (κ3) is 11.8. The lowest BCUT2D eigenvalue weighted by Crippen LogP contribution is -2.55. The van der Waals surface area contributed by atoms with Gasteiger partial charge >= 0.3 is 11.9 Å². The van der Waals surface area contributed by atoms with Crippen molar-refractivity contribution in [3.63, 3.8) is 0 Å². The van der Waals surface area contributed by atoms with Crippen molar-refractivity contribution in [1.82, 2.24) is 0 Å². The molecule has 296 valence electrons. The number of aryl methyl sites for hydroxylation is 1. The molecule has 1 amide bonds. The molecule has 12 heteroatoms. The molecule has 0 radical (unpaired) electrons. The van der Waals surface area contributed by atoms with Crippen LogP contribution in [0, 0.1) is 11.7 Å². The van der Waals surface area contributed by atoms with Crippen molar-refractivity contribution >= 4 is 39.4 Å². The number of esters is 2. The van der Waals surface area contributed by atoms with Gasteiger partial charge in [0.15, 0.2) is 11.4 Å². The number of amides is 1. The summed E-state index contributed by atoms with van der Waals surface area (Å²) in [7, 11) is -3.00. The quantitative estimate of drug-likeness (QED) is 0.0765. The van der Waals surface area contributed by atoms with Gasteiger partial charge in [-0.25, -0.2) is 12.8 Å². The van der Waals surface area contributed by atoms with E-state index in [1.54, 1.807) is 17.0 Å². The van der Waals surface area contributed by atoms with Crippen LogP contribution in [0.15, 0.2) is 78.9 Å². The van der Waals surface area contributed by atoms with Crippen LogP contribution in [0.1, 0.15) is 101 Å². The lowest BCUT2D eigenvalue weighted by Gasteiger charge is -2.48. The van der Waals surface area contributed by atoms with E-state index in [0.29, 0.717) is 37.7 Å². The number of hydrogen-bond donors (Lipinski definition) is 0. The minimum absolute atomic E-state index is 0.0451. The molecule has 55 heavy (non-hydrogen) atoms. The zero-order chi connectivity index (χ0) is 39.8. The van der Waals surface area contributed by atoms with Crippen LogP contribution >= 0.6 is 0 Å². The molecule has 3 aromatic rings. The van der Waals surface area contributed by atoms with Crippen LogP contribution < -0.4 is 4.90 Å². The Morgan fingerprint density at radius 3 is 2.20 bits per heavy atom. The Kier molecular flexibility index (Phi) is 13.7. The van der Waals surface area contributed by atoms with Crippen molar-refractivity contribution in [3.8, 4) is 0 Å². The topological polar surface area (TPSA) is 126 Å². The molecule has 1 unspecified atom stereocenters. The highest BCUT2D eigenvalue weighted by molar-refractivity contribution is 7.90. The van der Waals surface area contributed by atoms with Gasteiger partial charge in [0.05, 0.1) is 25.2 Å². The second kappa shape index (κ2) is 18.0. The molecular formula is C43H52FNO9S. The third-order valence-corrected chi connectivity index (χ3v) is 11.1. The zero-order valence-corrected chi connectivity index (χ0v) is 33.1. The van der Waals surface area contributed by atoms with E-state index in [1.165, 1.54) is 32.2 Å². The number of anilines is 1. The van der Waals surface area contributed by atoms with Crippen LogP contribution in [0.3, 0.4) is 0 Å². The van der Waals surface area contributed by atoms with Crippen LogP contribution in [-0.4, -0.2) is 62.9 Å². The van der Waals surface area contributed by atoms with Gasteiger partial charge in [-0.15, -0.1) is 0 Å². The number of ether oxygens (including phenoxy) is 4. The average Bonchev–Trinajstić information content (AvgIpc) is 3.12. The van der Waals surface area contributed by atoms with E-state index in [1.807, 2.05) is 74.5 Å². The average molecular weight is 778 g/mol. The van der Waals surface area contributed by atoms with Gasteiger partial charge in [0.25, 0.3) is 0 Å². The third-order valence-electron chi connectivity index (χ3n) is 10.0. The van der Waals surface area contributed by atoms with E-state index in [9.17, 15) is 27.2 Å². The fraction of sp³-hybridized carbons (Fsp3) is 0.465. The maximum Gasteiger partial charge on any atom is 0.303 e. The number of halogens is 1. The monoisotopic (exact) mass is 777 g/mol. The minimum atomic E-state index is -3.00. The Morgan fingerprint density at radius 2 is 1.60 bits per heavy atom. The molecule has 2 heterocycles. The fourth-order valence-electron chi connectivity index (χ4n) is 7.14. The second-order valence-electron chi connectivity index (χ2n) is 15.1. The first-order valence-corrected chi connectivity index (χ1v) is 20.9. The van der Waals surface area contributed by atoms with Crippen molar-refractivity contribution in [1.29, 1.82) is 0 Å². The number of benzene rings is 3. The summed E-state index contributed by atoms with van der Waals surface area (Å²) in [6.45, 7) is 6.87. The number of hydrogen-bond acceptors (Lipinski definition) is 9. The standard InChI is InChI=1S/C43H52FNO9S/c1-30(46)53-39(34-18-20-36(44)21-19-34)25-24-38-40(45(41(38)48)37-22-14-33(15-23-37)11-7-9-27-55(5,49)50)35-16-12-32(13-17-35)10-6-8-26-43(54-31(2)47)28-51-42(3,4)52-29-43/h6,10,12-23,38-40H,7-9,11,24-29H2,1-5H3/b10-6+/t38?,39-,40+/m0/s1. The molecule has 2 aliphatic heterocycles. The SMILES string of the molecule is CC(=O)O[C@@H](CCC1C(=O)N(c2ccc(CCCCS(C)(=O)=O)cc2)[C@@H]1c1ccc(/C=C/CCC2(OC(C)=O)COC(C)(C)OC2)cc1)c1ccc(F)cc1. The van der Waals surface area contributed by atoms with E-state index in [-0.39, 0.29) is 36.9 Å². The maximum absolute atomic E-state index is 13.9. The number of β-lactam (4-membered cyclic amide) rings is 1. The number of rotatable bonds is 17. The van der Waals surface area contributed by atoms with Crippen molar-refractivity contribution in [2.75, 3.05) is 30.1 Å². The van der Waals surface area contributed by atoms with E-state index in [4.69, 9.17) is 18.9 Å². The van der Waals surface area contributed by atoms with Crippen LogP contribution in [-0.2, 0) is 49.6 Å². The Balaban J connectivity index is 1.31. The minimum Gasteiger partial charge on any atom is -0.458 e. The van der Waals surface area contributed by atoms with Gasteiger partial charge < -0.3 is 23.8 Å². The van der Waals surface area contributed by atoms with Crippen LogP contribution in [0.2, 0.25) is 0 Å². The van der Waals surface area contributed by atoms with Gasteiger partial charge in [0, 0.05) is 31.5 Å². The zero-order valence-electron chi connectivity index (χ0n) is 32.3. The Labute approximate surface area is 323 Å². The number of nitrogens with zero attached hydrogens (tertiary/aromatic N) is 1. The van der Waals surface area contributed by atoms with E-state index < -0.39 is 45.0 Å². The molecule has 2 saturated heterocycles. The normalized spacial score (nSPS) is 19.8. The van der Waals surface area contributed by atoms with Crippen LogP contribution in [0.4, 0.5) is 10.1 Å².